The van der Waals surface area contributed by atoms with E-state index in [9.17, 15) is 9.59 Å². The molecule has 108 valence electrons. The van der Waals surface area contributed by atoms with E-state index in [-0.39, 0.29) is 5.69 Å². The van der Waals surface area contributed by atoms with Crippen molar-refractivity contribution in [3.63, 3.8) is 0 Å². The molecule has 20 heavy (non-hydrogen) atoms. The minimum Gasteiger partial charge on any atom is -0.476 e. The lowest BCUT2D eigenvalue weighted by atomic mass is 10.5. The van der Waals surface area contributed by atoms with Gasteiger partial charge in [-0.25, -0.2) is 14.8 Å². The van der Waals surface area contributed by atoms with Crippen LogP contribution in [0.25, 0.3) is 0 Å². The lowest BCUT2D eigenvalue weighted by molar-refractivity contribution is 0.0690. The van der Waals surface area contributed by atoms with Gasteiger partial charge in [0.2, 0.25) is 0 Å². The van der Waals surface area contributed by atoms with Crippen molar-refractivity contribution in [1.29, 1.82) is 0 Å². The number of halogens is 1. The van der Waals surface area contributed by atoms with E-state index < -0.39 is 11.2 Å². The molecule has 0 amide bonds. The van der Waals surface area contributed by atoms with Gasteiger partial charge < -0.3 is 5.11 Å². The Morgan fingerprint density at radius 3 is 1.80 bits per heavy atom. The fourth-order valence-corrected chi connectivity index (χ4v) is 3.53. The van der Waals surface area contributed by atoms with Gasteiger partial charge in [0.05, 0.1) is 0 Å². The maximum atomic E-state index is 10.5. The number of nitrogens with zero attached hydrogens (tertiary/aromatic N) is 2. The van der Waals surface area contributed by atoms with Gasteiger partial charge in [-0.3, -0.25) is 4.79 Å². The van der Waals surface area contributed by atoms with E-state index in [1.54, 1.807) is 5.38 Å². The van der Waals surface area contributed by atoms with Gasteiger partial charge in [0.15, 0.2) is 10.0 Å². The summed E-state index contributed by atoms with van der Waals surface area (Å²) in [7, 11) is 0. The second-order valence-corrected chi connectivity index (χ2v) is 7.15. The van der Waals surface area contributed by atoms with Gasteiger partial charge in [0.25, 0.3) is 5.24 Å². The molecule has 0 aliphatic carbocycles. The maximum absolute atomic E-state index is 10.5. The first-order valence-electron chi connectivity index (χ1n) is 4.90. The highest BCUT2D eigenvalue weighted by Crippen LogP contribution is 2.20. The molecule has 2 heterocycles. The fourth-order valence-electron chi connectivity index (χ4n) is 0.891. The quantitative estimate of drug-likeness (QED) is 0.649. The molecule has 0 aromatic carbocycles. The van der Waals surface area contributed by atoms with Gasteiger partial charge in [0.1, 0.15) is 10.0 Å². The number of aromatic nitrogens is 2. The Labute approximate surface area is 136 Å². The van der Waals surface area contributed by atoms with Crippen LogP contribution in [0.1, 0.15) is 21.0 Å². The van der Waals surface area contributed by atoms with Crippen LogP contribution in [0.2, 0.25) is 0 Å². The van der Waals surface area contributed by atoms with Crippen molar-refractivity contribution in [2.24, 2.45) is 0 Å². The fraction of sp³-hybridized carbons (Fsp3) is 0.200. The number of carboxylic acid groups (broad SMARTS) is 1. The molecule has 0 aliphatic rings. The number of rotatable bonds is 4. The lowest BCUT2D eigenvalue weighted by Gasteiger charge is -1.82. The van der Waals surface area contributed by atoms with Crippen molar-refractivity contribution in [1.82, 2.24) is 9.97 Å². The first kappa shape index (κ1) is 17.4. The maximum Gasteiger partial charge on any atom is 0.355 e. The van der Waals surface area contributed by atoms with Gasteiger partial charge in [-0.05, 0) is 24.1 Å². The summed E-state index contributed by atoms with van der Waals surface area (Å²) in [5.74, 6) is -0.962. The number of hydrogen-bond donors (Lipinski definition) is 1. The number of carboxylic acids is 1. The Balaban J connectivity index is 0.000000200. The number of carbonyl (C=O) groups is 2. The largest absolute Gasteiger partial charge is 0.476 e. The van der Waals surface area contributed by atoms with E-state index in [1.807, 2.05) is 12.5 Å². The molecule has 2 aromatic rings. The normalized spacial score (nSPS) is 9.75. The zero-order chi connectivity index (χ0) is 15.1. The van der Waals surface area contributed by atoms with E-state index in [0.717, 1.165) is 8.68 Å². The Morgan fingerprint density at radius 2 is 1.55 bits per heavy atom. The average Bonchev–Trinajstić information content (AvgIpc) is 3.08. The Bertz CT molecular complexity index is 547. The number of thiazole rings is 2. The molecule has 0 radical (unpaired) electrons. The van der Waals surface area contributed by atoms with Crippen molar-refractivity contribution in [3.8, 4) is 0 Å². The third-order valence-electron chi connectivity index (χ3n) is 1.74. The van der Waals surface area contributed by atoms with Crippen LogP contribution in [0.5, 0.6) is 0 Å². The summed E-state index contributed by atoms with van der Waals surface area (Å²) in [6.45, 7) is 0. The predicted octanol–water partition coefficient (Wildman–Crippen LogP) is 3.81. The van der Waals surface area contributed by atoms with E-state index in [0.29, 0.717) is 5.69 Å². The highest BCUT2D eigenvalue weighted by molar-refractivity contribution is 8.00. The molecule has 1 N–H and O–H groups in total. The summed E-state index contributed by atoms with van der Waals surface area (Å²) in [4.78, 5) is 28.5. The molecule has 0 saturated heterocycles. The van der Waals surface area contributed by atoms with Crippen molar-refractivity contribution in [3.05, 3.63) is 22.1 Å². The molecule has 0 atom stereocenters. The van der Waals surface area contributed by atoms with Gasteiger partial charge in [-0.1, -0.05) is 23.5 Å². The number of thioether (sulfide) groups is 2. The Kier molecular flexibility index (Phi) is 7.52. The van der Waals surface area contributed by atoms with Crippen LogP contribution in [-0.2, 0) is 0 Å². The molecule has 0 saturated carbocycles. The topological polar surface area (TPSA) is 80.2 Å². The number of aromatic carboxylic acids is 1. The second kappa shape index (κ2) is 8.63. The first-order chi connectivity index (χ1) is 9.47. The summed E-state index contributed by atoms with van der Waals surface area (Å²) < 4.78 is 1.65. The molecular formula is C10H9ClN2O3S4. The van der Waals surface area contributed by atoms with Crippen molar-refractivity contribution in [2.45, 2.75) is 8.68 Å². The zero-order valence-electron chi connectivity index (χ0n) is 10.3. The Morgan fingerprint density at radius 1 is 1.10 bits per heavy atom. The minimum atomic E-state index is -0.962. The summed E-state index contributed by atoms with van der Waals surface area (Å²) in [6.07, 6.45) is 3.77. The molecule has 2 aromatic heterocycles. The molecule has 0 bridgehead atoms. The van der Waals surface area contributed by atoms with Crippen LogP contribution < -0.4 is 0 Å². The minimum absolute atomic E-state index is 0.134. The van der Waals surface area contributed by atoms with Gasteiger partial charge in [-0.2, -0.15) is 0 Å². The molecule has 0 fully saturated rings. The first-order valence-corrected chi connectivity index (χ1v) is 9.48. The van der Waals surface area contributed by atoms with Crippen LogP contribution in [0.4, 0.5) is 0 Å². The van der Waals surface area contributed by atoms with Crippen molar-refractivity contribution >= 4 is 69.0 Å². The highest BCUT2D eigenvalue weighted by atomic mass is 35.5. The molecule has 0 spiro atoms. The molecule has 0 aliphatic heterocycles. The monoisotopic (exact) mass is 368 g/mol. The lowest BCUT2D eigenvalue weighted by Crippen LogP contribution is -1.95. The molecule has 0 unspecified atom stereocenters. The van der Waals surface area contributed by atoms with Crippen molar-refractivity contribution < 1.29 is 14.7 Å². The van der Waals surface area contributed by atoms with Crippen LogP contribution in [0.3, 0.4) is 0 Å². The van der Waals surface area contributed by atoms with Crippen LogP contribution in [0.15, 0.2) is 19.4 Å². The van der Waals surface area contributed by atoms with E-state index in [2.05, 4.69) is 9.97 Å². The van der Waals surface area contributed by atoms with Gasteiger partial charge in [0, 0.05) is 10.8 Å². The average molecular weight is 369 g/mol. The molecule has 2 rings (SSSR count). The summed E-state index contributed by atoms with van der Waals surface area (Å²) >= 11 is 10.9. The van der Waals surface area contributed by atoms with Gasteiger partial charge >= 0.3 is 5.97 Å². The molecule has 5 nitrogen and oxygen atoms in total. The van der Waals surface area contributed by atoms with E-state index in [4.69, 9.17) is 16.7 Å². The van der Waals surface area contributed by atoms with E-state index in [1.165, 1.54) is 51.6 Å². The van der Waals surface area contributed by atoms with Crippen LogP contribution >= 0.6 is 57.8 Å². The summed E-state index contributed by atoms with van der Waals surface area (Å²) in [5.41, 5.74) is 0.477. The predicted molar refractivity (Wildman–Crippen MR) is 84.9 cm³/mol. The SMILES string of the molecule is CSc1nc(C(=O)Cl)cs1.CSc1nc(C(=O)O)cs1. The third kappa shape index (κ3) is 5.41. The smallest absolute Gasteiger partial charge is 0.355 e. The van der Waals surface area contributed by atoms with E-state index >= 15 is 0 Å². The highest BCUT2D eigenvalue weighted by Gasteiger charge is 2.07. The molecular weight excluding hydrogens is 360 g/mol. The van der Waals surface area contributed by atoms with Crippen LogP contribution in [0, 0.1) is 0 Å². The summed E-state index contributed by atoms with van der Waals surface area (Å²) in [5, 5.41) is 11.1. The second-order valence-electron chi connectivity index (χ2n) is 2.98. The van der Waals surface area contributed by atoms with Crippen molar-refractivity contribution in [2.75, 3.05) is 12.5 Å². The molecule has 10 heteroatoms. The zero-order valence-corrected chi connectivity index (χ0v) is 14.3. The van der Waals surface area contributed by atoms with Gasteiger partial charge in [-0.15, -0.1) is 22.7 Å². The number of carbonyl (C=O) groups excluding carboxylic acids is 1. The Hall–Kier alpha value is -0.610. The van der Waals surface area contributed by atoms with Crippen LogP contribution in [-0.4, -0.2) is 38.8 Å². The number of hydrogen-bond acceptors (Lipinski definition) is 8. The standard InChI is InChI=1S/C5H4ClNOS2.C5H5NO2S2/c1-9-5-7-3(2-10-5)4(6)8;1-9-5-6-3(2-10-5)4(7)8/h2H,1H3;2H,1H3,(H,7,8). The summed E-state index contributed by atoms with van der Waals surface area (Å²) in [6, 6.07) is 0. The third-order valence-corrected chi connectivity index (χ3v) is 5.66.